The third kappa shape index (κ3) is 8.86. The molecule has 1 unspecified atom stereocenters. The highest BCUT2D eigenvalue weighted by atomic mass is 127. The number of halogens is 1. The van der Waals surface area contributed by atoms with Gasteiger partial charge in [0.25, 0.3) is 0 Å². The van der Waals surface area contributed by atoms with Gasteiger partial charge in [-0.25, -0.2) is 13.6 Å². The first-order valence-electron chi connectivity index (χ1n) is 8.56. The lowest BCUT2D eigenvalue weighted by molar-refractivity contribution is 0.0931. The van der Waals surface area contributed by atoms with Crippen LogP contribution in [0.25, 0.3) is 0 Å². The van der Waals surface area contributed by atoms with Crippen LogP contribution >= 0.6 is 35.3 Å². The zero-order valence-corrected chi connectivity index (χ0v) is 19.9. The van der Waals surface area contributed by atoms with Crippen molar-refractivity contribution in [1.29, 1.82) is 0 Å². The minimum Gasteiger partial charge on any atom is -0.376 e. The van der Waals surface area contributed by atoms with Gasteiger partial charge in [-0.2, -0.15) is 0 Å². The van der Waals surface area contributed by atoms with Crippen LogP contribution in [0.2, 0.25) is 0 Å². The minimum absolute atomic E-state index is 0. The highest BCUT2D eigenvalue weighted by Crippen LogP contribution is 2.19. The molecule has 1 aromatic heterocycles. The number of nitrogens with two attached hydrogens (primary N) is 1. The number of hydrogen-bond donors (Lipinski definition) is 3. The summed E-state index contributed by atoms with van der Waals surface area (Å²) < 4.78 is 28.5. The van der Waals surface area contributed by atoms with E-state index in [1.54, 1.807) is 13.1 Å². The Balaban J connectivity index is 0.00000392. The Hall–Kier alpha value is -1.21. The number of benzene rings is 1. The molecule has 0 saturated carbocycles. The fraction of sp³-hybridized carbons (Fsp3) is 0.389. The van der Waals surface area contributed by atoms with Crippen molar-refractivity contribution in [1.82, 2.24) is 10.6 Å². The summed E-state index contributed by atoms with van der Waals surface area (Å²) >= 11 is 1.15. The Morgan fingerprint density at radius 3 is 2.54 bits per heavy atom. The third-order valence-corrected chi connectivity index (χ3v) is 6.23. The first-order chi connectivity index (χ1) is 12.9. The molecule has 156 valence electrons. The van der Waals surface area contributed by atoms with Crippen molar-refractivity contribution in [3.8, 4) is 0 Å². The number of thiophene rings is 1. The number of rotatable bonds is 9. The van der Waals surface area contributed by atoms with Gasteiger partial charge in [0.15, 0.2) is 5.96 Å². The van der Waals surface area contributed by atoms with Crippen molar-refractivity contribution in [3.63, 3.8) is 0 Å². The van der Waals surface area contributed by atoms with Gasteiger partial charge in [-0.05, 0) is 23.6 Å². The van der Waals surface area contributed by atoms with Crippen LogP contribution in [0.4, 0.5) is 0 Å². The van der Waals surface area contributed by atoms with Crippen LogP contribution in [0.3, 0.4) is 0 Å². The Morgan fingerprint density at radius 2 is 1.93 bits per heavy atom. The molecule has 1 heterocycles. The number of nitrogens with zero attached hydrogens (tertiary/aromatic N) is 1. The smallest absolute Gasteiger partial charge is 0.247 e. The summed E-state index contributed by atoms with van der Waals surface area (Å²) in [5.41, 5.74) is 1.16. The molecule has 10 heteroatoms. The summed E-state index contributed by atoms with van der Waals surface area (Å²) in [5, 5.41) is 11.5. The van der Waals surface area contributed by atoms with Crippen molar-refractivity contribution in [2.75, 3.05) is 20.2 Å². The summed E-state index contributed by atoms with van der Waals surface area (Å²) in [4.78, 5) is 5.04. The van der Waals surface area contributed by atoms with Crippen molar-refractivity contribution in [2.24, 2.45) is 16.0 Å². The molecule has 0 aliphatic carbocycles. The lowest BCUT2D eigenvalue weighted by Crippen LogP contribution is -2.39. The van der Waals surface area contributed by atoms with Crippen LogP contribution in [0.1, 0.15) is 17.4 Å². The maximum atomic E-state index is 11.3. The van der Waals surface area contributed by atoms with Gasteiger partial charge in [0.05, 0.1) is 19.8 Å². The van der Waals surface area contributed by atoms with E-state index in [2.05, 4.69) is 22.5 Å². The molecule has 2 rings (SSSR count). The van der Waals surface area contributed by atoms with Crippen molar-refractivity contribution in [2.45, 2.75) is 24.3 Å². The lowest BCUT2D eigenvalue weighted by atomic mass is 10.2. The Bertz CT molecular complexity index is 842. The van der Waals surface area contributed by atoms with Gasteiger partial charge in [-0.1, -0.05) is 37.3 Å². The molecule has 0 bridgehead atoms. The van der Waals surface area contributed by atoms with E-state index in [0.29, 0.717) is 38.2 Å². The average molecular weight is 538 g/mol. The van der Waals surface area contributed by atoms with E-state index in [9.17, 15) is 8.42 Å². The predicted molar refractivity (Wildman–Crippen MR) is 125 cm³/mol. The second-order valence-corrected chi connectivity index (χ2v) is 9.13. The second kappa shape index (κ2) is 12.4. The molecule has 0 amide bonds. The Labute approximate surface area is 187 Å². The predicted octanol–water partition coefficient (Wildman–Crippen LogP) is 2.53. The van der Waals surface area contributed by atoms with Crippen LogP contribution in [0, 0.1) is 5.92 Å². The highest BCUT2D eigenvalue weighted by molar-refractivity contribution is 14.0. The summed E-state index contributed by atoms with van der Waals surface area (Å²) in [7, 11) is -1.96. The molecule has 0 saturated heterocycles. The number of sulfonamides is 1. The average Bonchev–Trinajstić information content (AvgIpc) is 3.12. The minimum atomic E-state index is -3.65. The molecule has 0 radical (unpaired) electrons. The standard InChI is InChI=1S/C18H26N4O3S2.HI/c1-14(12-25-13-15-6-4-3-5-7-15)10-21-18(20-2)22-11-16-8-9-17(26-16)27(19,23)24;/h3-9,14H,10-13H2,1-2H3,(H2,19,23,24)(H2,20,21,22);1H. The van der Waals surface area contributed by atoms with E-state index in [1.165, 1.54) is 6.07 Å². The molecule has 28 heavy (non-hydrogen) atoms. The van der Waals surface area contributed by atoms with Crippen molar-refractivity contribution < 1.29 is 13.2 Å². The third-order valence-electron chi connectivity index (χ3n) is 3.70. The molecule has 0 spiro atoms. The largest absolute Gasteiger partial charge is 0.376 e. The van der Waals surface area contributed by atoms with Gasteiger partial charge < -0.3 is 15.4 Å². The molecule has 4 N–H and O–H groups in total. The molecule has 1 atom stereocenters. The maximum absolute atomic E-state index is 11.3. The monoisotopic (exact) mass is 538 g/mol. The molecule has 0 aliphatic rings. The van der Waals surface area contributed by atoms with Gasteiger partial charge >= 0.3 is 0 Å². The van der Waals surface area contributed by atoms with Crippen LogP contribution in [0.5, 0.6) is 0 Å². The van der Waals surface area contributed by atoms with E-state index in [0.717, 1.165) is 21.8 Å². The lowest BCUT2D eigenvalue weighted by Gasteiger charge is -2.16. The van der Waals surface area contributed by atoms with Crippen molar-refractivity contribution >= 4 is 51.3 Å². The summed E-state index contributed by atoms with van der Waals surface area (Å²) in [6.45, 7) is 4.52. The first-order valence-corrected chi connectivity index (χ1v) is 10.9. The summed E-state index contributed by atoms with van der Waals surface area (Å²) in [6.07, 6.45) is 0. The summed E-state index contributed by atoms with van der Waals surface area (Å²) in [6, 6.07) is 13.3. The SMILES string of the molecule is CN=C(NCc1ccc(S(N)(=O)=O)s1)NCC(C)COCc1ccccc1.I. The fourth-order valence-electron chi connectivity index (χ4n) is 2.28. The van der Waals surface area contributed by atoms with Gasteiger partial charge in [0.2, 0.25) is 10.0 Å². The van der Waals surface area contributed by atoms with E-state index >= 15 is 0 Å². The molecule has 0 fully saturated rings. The number of guanidine groups is 1. The quantitative estimate of drug-likeness (QED) is 0.259. The molecule has 2 aromatic rings. The number of aliphatic imine (C=N–C) groups is 1. The molecule has 0 aliphatic heterocycles. The van der Waals surface area contributed by atoms with Crippen LogP contribution in [-0.2, 0) is 27.9 Å². The molecular weight excluding hydrogens is 511 g/mol. The Morgan fingerprint density at radius 1 is 1.21 bits per heavy atom. The number of primary sulfonamides is 1. The van der Waals surface area contributed by atoms with Gasteiger partial charge in [-0.15, -0.1) is 35.3 Å². The van der Waals surface area contributed by atoms with E-state index < -0.39 is 10.0 Å². The van der Waals surface area contributed by atoms with Crippen LogP contribution in [-0.4, -0.2) is 34.6 Å². The normalized spacial score (nSPS) is 12.9. The highest BCUT2D eigenvalue weighted by Gasteiger charge is 2.11. The first kappa shape index (κ1) is 24.8. The topological polar surface area (TPSA) is 106 Å². The van der Waals surface area contributed by atoms with Gasteiger partial charge in [0.1, 0.15) is 4.21 Å². The Kier molecular flexibility index (Phi) is 11.0. The van der Waals surface area contributed by atoms with Gasteiger partial charge in [-0.3, -0.25) is 4.99 Å². The number of ether oxygens (including phenoxy) is 1. The van der Waals surface area contributed by atoms with Gasteiger partial charge in [0, 0.05) is 18.5 Å². The van der Waals surface area contributed by atoms with E-state index in [-0.39, 0.29) is 28.2 Å². The molecular formula is C18H27IN4O3S2. The number of hydrogen-bond acceptors (Lipinski definition) is 5. The maximum Gasteiger partial charge on any atom is 0.247 e. The molecule has 7 nitrogen and oxygen atoms in total. The zero-order chi connectivity index (χ0) is 19.7. The molecule has 1 aromatic carbocycles. The van der Waals surface area contributed by atoms with E-state index in [4.69, 9.17) is 9.88 Å². The van der Waals surface area contributed by atoms with E-state index in [1.807, 2.05) is 30.3 Å². The van der Waals surface area contributed by atoms with Crippen LogP contribution < -0.4 is 15.8 Å². The fourth-order valence-corrected chi connectivity index (χ4v) is 4.00. The van der Waals surface area contributed by atoms with Crippen molar-refractivity contribution in [3.05, 3.63) is 52.9 Å². The summed E-state index contributed by atoms with van der Waals surface area (Å²) in [5.74, 6) is 0.957. The second-order valence-electron chi connectivity index (χ2n) is 6.18. The van der Waals surface area contributed by atoms with Crippen LogP contribution in [0.15, 0.2) is 51.7 Å². The number of nitrogens with one attached hydrogen (secondary N) is 2. The zero-order valence-electron chi connectivity index (χ0n) is 15.9.